The third-order valence-electron chi connectivity index (χ3n) is 4.47. The van der Waals surface area contributed by atoms with Crippen molar-refractivity contribution in [3.8, 4) is 5.75 Å². The first-order chi connectivity index (χ1) is 13.0. The number of likely N-dealkylation sites (tertiary alicyclic amines) is 1. The van der Waals surface area contributed by atoms with E-state index in [4.69, 9.17) is 10.5 Å². The standard InChI is InChI=1S/C19H28N4O4/c1-2-17(24)22-15-6-3-7-16(11-15)27-13-18(25)21-8-10-23-9-4-5-14(12-23)19(20)26/h3,6-7,11,14H,2,4-5,8-10,12-13H2,1H3,(H2,20,26)(H,21,25)(H,22,24)/t14-/m0/s1. The van der Waals surface area contributed by atoms with Crippen molar-refractivity contribution in [3.63, 3.8) is 0 Å². The highest BCUT2D eigenvalue weighted by Gasteiger charge is 2.23. The summed E-state index contributed by atoms with van der Waals surface area (Å²) in [4.78, 5) is 36.8. The summed E-state index contributed by atoms with van der Waals surface area (Å²) < 4.78 is 5.48. The highest BCUT2D eigenvalue weighted by Crippen LogP contribution is 2.17. The van der Waals surface area contributed by atoms with Crippen molar-refractivity contribution in [2.45, 2.75) is 26.2 Å². The van der Waals surface area contributed by atoms with Gasteiger partial charge in [0.1, 0.15) is 5.75 Å². The molecule has 4 N–H and O–H groups in total. The molecule has 1 fully saturated rings. The minimum Gasteiger partial charge on any atom is -0.484 e. The van der Waals surface area contributed by atoms with Crippen LogP contribution in [0.5, 0.6) is 5.75 Å². The molecule has 0 aliphatic carbocycles. The zero-order chi connectivity index (χ0) is 19.6. The van der Waals surface area contributed by atoms with E-state index in [1.165, 1.54) is 0 Å². The number of hydrogen-bond acceptors (Lipinski definition) is 5. The molecule has 1 aliphatic rings. The van der Waals surface area contributed by atoms with E-state index in [9.17, 15) is 14.4 Å². The van der Waals surface area contributed by atoms with Gasteiger partial charge in [-0.25, -0.2) is 0 Å². The summed E-state index contributed by atoms with van der Waals surface area (Å²) in [6.45, 7) is 4.39. The Morgan fingerprint density at radius 2 is 2.11 bits per heavy atom. The van der Waals surface area contributed by atoms with E-state index in [1.54, 1.807) is 31.2 Å². The maximum Gasteiger partial charge on any atom is 0.257 e. The zero-order valence-corrected chi connectivity index (χ0v) is 15.7. The molecule has 2 rings (SSSR count). The first kappa shape index (κ1) is 20.7. The van der Waals surface area contributed by atoms with E-state index in [-0.39, 0.29) is 30.2 Å². The molecule has 1 aromatic carbocycles. The van der Waals surface area contributed by atoms with Gasteiger partial charge in [0, 0.05) is 37.8 Å². The first-order valence-corrected chi connectivity index (χ1v) is 9.29. The van der Waals surface area contributed by atoms with Gasteiger partial charge < -0.3 is 26.0 Å². The number of rotatable bonds is 9. The van der Waals surface area contributed by atoms with Gasteiger partial charge in [0.25, 0.3) is 5.91 Å². The second-order valence-electron chi connectivity index (χ2n) is 6.61. The summed E-state index contributed by atoms with van der Waals surface area (Å²) >= 11 is 0. The predicted octanol–water partition coefficient (Wildman–Crippen LogP) is 0.727. The lowest BCUT2D eigenvalue weighted by molar-refractivity contribution is -0.124. The molecule has 0 bridgehead atoms. The van der Waals surface area contributed by atoms with Gasteiger partial charge in [0.2, 0.25) is 11.8 Å². The molecule has 3 amide bonds. The molecule has 27 heavy (non-hydrogen) atoms. The number of nitrogens with two attached hydrogens (primary N) is 1. The highest BCUT2D eigenvalue weighted by atomic mass is 16.5. The van der Waals surface area contributed by atoms with Crippen LogP contribution in [-0.2, 0) is 14.4 Å². The van der Waals surface area contributed by atoms with Gasteiger partial charge in [-0.05, 0) is 31.5 Å². The van der Waals surface area contributed by atoms with Crippen LogP contribution in [0.2, 0.25) is 0 Å². The van der Waals surface area contributed by atoms with Gasteiger partial charge in [-0.2, -0.15) is 0 Å². The molecule has 1 aromatic rings. The van der Waals surface area contributed by atoms with Gasteiger partial charge in [-0.1, -0.05) is 13.0 Å². The molecule has 0 spiro atoms. The number of carbonyl (C=O) groups is 3. The lowest BCUT2D eigenvalue weighted by Crippen LogP contribution is -2.44. The fourth-order valence-electron chi connectivity index (χ4n) is 2.96. The summed E-state index contributed by atoms with van der Waals surface area (Å²) in [6, 6.07) is 6.92. The van der Waals surface area contributed by atoms with E-state index in [0.29, 0.717) is 37.5 Å². The molecule has 0 unspecified atom stereocenters. The molecular formula is C19H28N4O4. The fourth-order valence-corrected chi connectivity index (χ4v) is 2.96. The molecule has 0 saturated carbocycles. The maximum atomic E-state index is 11.9. The number of anilines is 1. The first-order valence-electron chi connectivity index (χ1n) is 9.29. The quantitative estimate of drug-likeness (QED) is 0.588. The third-order valence-corrected chi connectivity index (χ3v) is 4.47. The van der Waals surface area contributed by atoms with Gasteiger partial charge in [0.15, 0.2) is 6.61 Å². The molecule has 8 nitrogen and oxygen atoms in total. The number of nitrogens with one attached hydrogen (secondary N) is 2. The van der Waals surface area contributed by atoms with Crippen molar-refractivity contribution in [1.82, 2.24) is 10.2 Å². The molecule has 1 aliphatic heterocycles. The normalized spacial score (nSPS) is 17.1. The van der Waals surface area contributed by atoms with E-state index in [1.807, 2.05) is 0 Å². The molecule has 1 atom stereocenters. The van der Waals surface area contributed by atoms with Crippen molar-refractivity contribution in [2.75, 3.05) is 38.1 Å². The molecule has 8 heteroatoms. The Labute approximate surface area is 159 Å². The van der Waals surface area contributed by atoms with Gasteiger partial charge in [-0.3, -0.25) is 14.4 Å². The van der Waals surface area contributed by atoms with Crippen molar-refractivity contribution < 1.29 is 19.1 Å². The van der Waals surface area contributed by atoms with Crippen molar-refractivity contribution in [2.24, 2.45) is 11.7 Å². The van der Waals surface area contributed by atoms with Crippen molar-refractivity contribution in [3.05, 3.63) is 24.3 Å². The number of benzene rings is 1. The Hall–Kier alpha value is -2.61. The third kappa shape index (κ3) is 7.26. The molecule has 0 aromatic heterocycles. The number of nitrogens with zero attached hydrogens (tertiary/aromatic N) is 1. The predicted molar refractivity (Wildman–Crippen MR) is 102 cm³/mol. The Morgan fingerprint density at radius 3 is 2.85 bits per heavy atom. The van der Waals surface area contributed by atoms with Crippen LogP contribution < -0.4 is 21.1 Å². The largest absolute Gasteiger partial charge is 0.484 e. The lowest BCUT2D eigenvalue weighted by atomic mass is 9.97. The summed E-state index contributed by atoms with van der Waals surface area (Å²) in [5, 5.41) is 5.55. The van der Waals surface area contributed by atoms with E-state index in [0.717, 1.165) is 19.4 Å². The number of amides is 3. The maximum absolute atomic E-state index is 11.9. The lowest BCUT2D eigenvalue weighted by Gasteiger charge is -2.31. The SMILES string of the molecule is CCC(=O)Nc1cccc(OCC(=O)NCCN2CCC[C@H](C(N)=O)C2)c1. The smallest absolute Gasteiger partial charge is 0.257 e. The number of piperidine rings is 1. The average Bonchev–Trinajstić information content (AvgIpc) is 2.67. The van der Waals surface area contributed by atoms with Crippen LogP contribution in [0.15, 0.2) is 24.3 Å². The topological polar surface area (TPSA) is 114 Å². The molecule has 148 valence electrons. The molecule has 0 radical (unpaired) electrons. The van der Waals surface area contributed by atoms with Crippen LogP contribution in [-0.4, -0.2) is 55.4 Å². The van der Waals surface area contributed by atoms with Crippen molar-refractivity contribution in [1.29, 1.82) is 0 Å². The fraction of sp³-hybridized carbons (Fsp3) is 0.526. The highest BCUT2D eigenvalue weighted by molar-refractivity contribution is 5.90. The second-order valence-corrected chi connectivity index (χ2v) is 6.61. The van der Waals surface area contributed by atoms with Crippen LogP contribution in [0.3, 0.4) is 0 Å². The van der Waals surface area contributed by atoms with Crippen LogP contribution in [0.4, 0.5) is 5.69 Å². The van der Waals surface area contributed by atoms with E-state index < -0.39 is 0 Å². The van der Waals surface area contributed by atoms with E-state index >= 15 is 0 Å². The average molecular weight is 376 g/mol. The van der Waals surface area contributed by atoms with E-state index in [2.05, 4.69) is 15.5 Å². The van der Waals surface area contributed by atoms with Crippen LogP contribution >= 0.6 is 0 Å². The Balaban J connectivity index is 1.68. The monoisotopic (exact) mass is 376 g/mol. The Kier molecular flexibility index (Phi) is 8.06. The number of hydrogen-bond donors (Lipinski definition) is 3. The van der Waals surface area contributed by atoms with Gasteiger partial charge in [0.05, 0.1) is 5.92 Å². The second kappa shape index (κ2) is 10.5. The van der Waals surface area contributed by atoms with Crippen LogP contribution in [0, 0.1) is 5.92 Å². The Morgan fingerprint density at radius 1 is 1.30 bits per heavy atom. The molecular weight excluding hydrogens is 348 g/mol. The van der Waals surface area contributed by atoms with Gasteiger partial charge in [-0.15, -0.1) is 0 Å². The number of primary amides is 1. The number of ether oxygens (including phenoxy) is 1. The summed E-state index contributed by atoms with van der Waals surface area (Å²) in [6.07, 6.45) is 2.17. The minimum atomic E-state index is -0.255. The zero-order valence-electron chi connectivity index (χ0n) is 15.7. The summed E-state index contributed by atoms with van der Waals surface area (Å²) in [5.41, 5.74) is 6.00. The number of carbonyl (C=O) groups excluding carboxylic acids is 3. The molecule has 1 heterocycles. The minimum absolute atomic E-state index is 0.0822. The van der Waals surface area contributed by atoms with Gasteiger partial charge >= 0.3 is 0 Å². The van der Waals surface area contributed by atoms with Crippen LogP contribution in [0.1, 0.15) is 26.2 Å². The summed E-state index contributed by atoms with van der Waals surface area (Å²) in [7, 11) is 0. The molecule has 1 saturated heterocycles. The summed E-state index contributed by atoms with van der Waals surface area (Å²) in [5.74, 6) is -0.144. The van der Waals surface area contributed by atoms with Crippen molar-refractivity contribution >= 4 is 23.4 Å². The van der Waals surface area contributed by atoms with Crippen LogP contribution in [0.25, 0.3) is 0 Å². The Bertz CT molecular complexity index is 665.